The van der Waals surface area contributed by atoms with Gasteiger partial charge in [0.15, 0.2) is 9.91 Å². The van der Waals surface area contributed by atoms with E-state index in [2.05, 4.69) is 10.3 Å². The molecule has 114 valence electrons. The number of alkyl halides is 3. The van der Waals surface area contributed by atoms with E-state index in [1.807, 2.05) is 0 Å². The molecule has 1 aromatic rings. The first-order valence-corrected chi connectivity index (χ1v) is 6.85. The number of nitrogens with zero attached hydrogens (tertiary/aromatic N) is 1. The second-order valence-electron chi connectivity index (χ2n) is 4.75. The molecule has 0 spiro atoms. The molecule has 2 atom stereocenters. The molecule has 2 rings (SSSR count). The minimum Gasteiger partial charge on any atom is -0.304 e. The van der Waals surface area contributed by atoms with Gasteiger partial charge in [0.25, 0.3) is 5.91 Å². The molecule has 1 aromatic carbocycles. The van der Waals surface area contributed by atoms with Crippen molar-refractivity contribution in [2.24, 2.45) is 4.99 Å². The summed E-state index contributed by atoms with van der Waals surface area (Å²) in [5.41, 5.74) is 0.638. The van der Waals surface area contributed by atoms with Gasteiger partial charge < -0.3 is 5.32 Å². The van der Waals surface area contributed by atoms with Gasteiger partial charge in [0.1, 0.15) is 5.82 Å². The number of carbonyl (C=O) groups is 1. The third kappa shape index (κ3) is 3.04. The van der Waals surface area contributed by atoms with Gasteiger partial charge in [0, 0.05) is 0 Å². The van der Waals surface area contributed by atoms with Gasteiger partial charge in [-0.15, -0.1) is 0 Å². The second-order valence-corrected chi connectivity index (χ2v) is 6.16. The van der Waals surface area contributed by atoms with Crippen LogP contribution in [0.4, 0.5) is 17.6 Å². The summed E-state index contributed by atoms with van der Waals surface area (Å²) in [6, 6.07) is 4.98. The summed E-state index contributed by atoms with van der Waals surface area (Å²) in [5.74, 6) is -1.54. The molecular weight excluding hydrogens is 308 g/mol. The quantitative estimate of drug-likeness (QED) is 0.848. The van der Waals surface area contributed by atoms with Gasteiger partial charge in [-0.3, -0.25) is 9.79 Å². The highest BCUT2D eigenvalue weighted by atomic mass is 32.2. The molecule has 1 aliphatic heterocycles. The molecule has 1 N–H and O–H groups in total. The first-order valence-electron chi connectivity index (χ1n) is 6.04. The van der Waals surface area contributed by atoms with E-state index in [1.165, 1.54) is 24.3 Å². The van der Waals surface area contributed by atoms with Crippen molar-refractivity contribution < 1.29 is 22.4 Å². The van der Waals surface area contributed by atoms with Crippen LogP contribution < -0.4 is 5.32 Å². The molecule has 0 aromatic heterocycles. The van der Waals surface area contributed by atoms with Gasteiger partial charge in [-0.05, 0) is 31.5 Å². The lowest BCUT2D eigenvalue weighted by Crippen LogP contribution is -2.46. The largest absolute Gasteiger partial charge is 0.412 e. The number of rotatable bonds is 2. The molecule has 0 bridgehead atoms. The van der Waals surface area contributed by atoms with Crippen LogP contribution in [0.1, 0.15) is 25.5 Å². The lowest BCUT2D eigenvalue weighted by Gasteiger charge is -2.21. The molecule has 1 amide bonds. The molecule has 21 heavy (non-hydrogen) atoms. The Hall–Kier alpha value is -1.57. The topological polar surface area (TPSA) is 41.5 Å². The number of amides is 1. The monoisotopic (exact) mass is 320 g/mol. The van der Waals surface area contributed by atoms with E-state index in [9.17, 15) is 22.4 Å². The van der Waals surface area contributed by atoms with Crippen LogP contribution in [0.15, 0.2) is 29.3 Å². The van der Waals surface area contributed by atoms with Crippen molar-refractivity contribution in [3.05, 3.63) is 35.6 Å². The Morgan fingerprint density at radius 2 is 1.86 bits per heavy atom. The maximum Gasteiger partial charge on any atom is 0.412 e. The summed E-state index contributed by atoms with van der Waals surface area (Å²) in [7, 11) is 0. The molecule has 0 aliphatic carbocycles. The number of halogens is 4. The van der Waals surface area contributed by atoms with Crippen LogP contribution in [0.5, 0.6) is 0 Å². The normalized spacial score (nSPS) is 26.0. The number of benzene rings is 1. The summed E-state index contributed by atoms with van der Waals surface area (Å²) < 4.78 is 49.0. The van der Waals surface area contributed by atoms with Crippen molar-refractivity contribution in [1.82, 2.24) is 5.32 Å². The third-order valence-electron chi connectivity index (χ3n) is 3.16. The zero-order valence-electron chi connectivity index (χ0n) is 11.2. The first-order chi connectivity index (χ1) is 9.63. The summed E-state index contributed by atoms with van der Waals surface area (Å²) >= 11 is 0.344. The molecule has 1 heterocycles. The highest BCUT2D eigenvalue weighted by Crippen LogP contribution is 2.45. The molecular formula is C13H12F4N2OS. The Kier molecular flexibility index (Phi) is 4.01. The van der Waals surface area contributed by atoms with Crippen molar-refractivity contribution in [3.63, 3.8) is 0 Å². The summed E-state index contributed by atoms with van der Waals surface area (Å²) in [4.78, 5) is 15.6. The molecule has 0 saturated carbocycles. The van der Waals surface area contributed by atoms with Crippen molar-refractivity contribution in [2.75, 3.05) is 0 Å². The van der Waals surface area contributed by atoms with E-state index < -0.39 is 28.7 Å². The van der Waals surface area contributed by atoms with Gasteiger partial charge in [0.05, 0.1) is 6.04 Å². The van der Waals surface area contributed by atoms with Gasteiger partial charge in [0.2, 0.25) is 0 Å². The maximum absolute atomic E-state index is 12.9. The van der Waals surface area contributed by atoms with Crippen LogP contribution in [0.25, 0.3) is 0 Å². The smallest absolute Gasteiger partial charge is 0.304 e. The molecule has 3 nitrogen and oxygen atoms in total. The van der Waals surface area contributed by atoms with Gasteiger partial charge >= 0.3 is 6.18 Å². The lowest BCUT2D eigenvalue weighted by atomic mass is 10.1. The molecule has 1 saturated heterocycles. The van der Waals surface area contributed by atoms with Gasteiger partial charge in [-0.1, -0.05) is 23.9 Å². The Morgan fingerprint density at radius 3 is 2.33 bits per heavy atom. The fraction of sp³-hybridized carbons (Fsp3) is 0.385. The average Bonchev–Trinajstić information content (AvgIpc) is 2.66. The van der Waals surface area contributed by atoms with E-state index in [0.29, 0.717) is 17.3 Å². The van der Waals surface area contributed by atoms with E-state index in [0.717, 1.165) is 6.92 Å². The van der Waals surface area contributed by atoms with Crippen LogP contribution in [-0.2, 0) is 4.79 Å². The minimum absolute atomic E-state index is 0.0864. The predicted molar refractivity (Wildman–Crippen MR) is 72.4 cm³/mol. The predicted octanol–water partition coefficient (Wildman–Crippen LogP) is 3.43. The highest BCUT2D eigenvalue weighted by Gasteiger charge is 2.61. The Bertz CT molecular complexity index is 585. The maximum atomic E-state index is 12.9. The Morgan fingerprint density at radius 1 is 1.29 bits per heavy atom. The van der Waals surface area contributed by atoms with Crippen molar-refractivity contribution in [3.8, 4) is 0 Å². The first kappa shape index (κ1) is 15.8. The van der Waals surface area contributed by atoms with Crippen molar-refractivity contribution in [2.45, 2.75) is 30.8 Å². The minimum atomic E-state index is -4.67. The summed E-state index contributed by atoms with van der Waals surface area (Å²) in [5, 5.41) is 2.06. The molecule has 1 unspecified atom stereocenters. The standard InChI is InChI=1S/C13H12F4N2OS/c1-7(8-3-5-9(14)6-4-8)18-11-19-10(20)12(2,21-11)13(15,16)17/h3-7H,1-2H3,(H,18,19,20)/t7-,12?/m0/s1. The fourth-order valence-electron chi connectivity index (χ4n) is 1.72. The van der Waals surface area contributed by atoms with E-state index in [-0.39, 0.29) is 5.17 Å². The molecule has 8 heteroatoms. The van der Waals surface area contributed by atoms with E-state index >= 15 is 0 Å². The van der Waals surface area contributed by atoms with Crippen LogP contribution in [0, 0.1) is 5.82 Å². The number of thioether (sulfide) groups is 1. The fourth-order valence-corrected chi connectivity index (χ4v) is 2.72. The van der Waals surface area contributed by atoms with Crippen LogP contribution in [0.3, 0.4) is 0 Å². The molecule has 0 radical (unpaired) electrons. The number of hydrogen-bond donors (Lipinski definition) is 1. The molecule has 1 aliphatic rings. The van der Waals surface area contributed by atoms with Crippen molar-refractivity contribution >= 4 is 22.8 Å². The van der Waals surface area contributed by atoms with Gasteiger partial charge in [-0.25, -0.2) is 4.39 Å². The SMILES string of the molecule is C[C@H](N=C1NC(=O)C(C)(C(F)(F)F)S1)c1ccc(F)cc1. The number of hydrogen-bond acceptors (Lipinski definition) is 3. The van der Waals surface area contributed by atoms with Crippen LogP contribution in [-0.4, -0.2) is 22.0 Å². The molecule has 1 fully saturated rings. The third-order valence-corrected chi connectivity index (χ3v) is 4.38. The van der Waals surface area contributed by atoms with Crippen LogP contribution in [0.2, 0.25) is 0 Å². The lowest BCUT2D eigenvalue weighted by molar-refractivity contribution is -0.166. The zero-order valence-corrected chi connectivity index (χ0v) is 12.0. The number of amidine groups is 1. The Labute approximate surface area is 122 Å². The summed E-state index contributed by atoms with van der Waals surface area (Å²) in [6.45, 7) is 2.47. The van der Waals surface area contributed by atoms with Crippen LogP contribution >= 0.6 is 11.8 Å². The average molecular weight is 320 g/mol. The van der Waals surface area contributed by atoms with E-state index in [4.69, 9.17) is 0 Å². The number of nitrogens with one attached hydrogen (secondary N) is 1. The van der Waals surface area contributed by atoms with E-state index in [1.54, 1.807) is 6.92 Å². The van der Waals surface area contributed by atoms with Crippen molar-refractivity contribution in [1.29, 1.82) is 0 Å². The zero-order chi connectivity index (χ0) is 15.8. The van der Waals surface area contributed by atoms with Gasteiger partial charge in [-0.2, -0.15) is 13.2 Å². The Balaban J connectivity index is 2.20. The second kappa shape index (κ2) is 5.32. The number of aliphatic imine (C=N–C) groups is 1. The number of carbonyl (C=O) groups excluding carboxylic acids is 1. The summed E-state index contributed by atoms with van der Waals surface area (Å²) in [6.07, 6.45) is -4.67. The highest BCUT2D eigenvalue weighted by molar-refractivity contribution is 8.16.